The van der Waals surface area contributed by atoms with Crippen molar-refractivity contribution in [3.8, 4) is 0 Å². The summed E-state index contributed by atoms with van der Waals surface area (Å²) in [7, 11) is -1.88. The minimum atomic E-state index is -3.49. The van der Waals surface area contributed by atoms with Gasteiger partial charge in [-0.05, 0) is 31.9 Å². The van der Waals surface area contributed by atoms with E-state index in [-0.39, 0.29) is 10.7 Å². The highest BCUT2D eigenvalue weighted by Gasteiger charge is 2.13. The number of ether oxygens (including phenoxy) is 1. The van der Waals surface area contributed by atoms with Gasteiger partial charge in [0, 0.05) is 25.8 Å². The molecule has 0 aliphatic heterocycles. The van der Waals surface area contributed by atoms with Crippen molar-refractivity contribution in [1.82, 2.24) is 4.72 Å². The maximum atomic E-state index is 11.9. The molecule has 0 heterocycles. The Morgan fingerprint density at radius 1 is 1.21 bits per heavy atom. The summed E-state index contributed by atoms with van der Waals surface area (Å²) in [5, 5.41) is 0. The van der Waals surface area contributed by atoms with E-state index in [0.29, 0.717) is 18.7 Å². The first-order valence-corrected chi connectivity index (χ1v) is 7.55. The molecule has 0 atom stereocenters. The zero-order valence-corrected chi connectivity index (χ0v) is 12.0. The highest BCUT2D eigenvalue weighted by molar-refractivity contribution is 7.89. The molecule has 0 saturated heterocycles. The number of rotatable bonds is 8. The predicted molar refractivity (Wildman–Crippen MR) is 72.7 cm³/mol. The van der Waals surface area contributed by atoms with Crippen molar-refractivity contribution >= 4 is 15.8 Å². The number of carbonyl (C=O) groups excluding carboxylic acids is 1. The number of hydrogen-bond acceptors (Lipinski definition) is 4. The Labute approximate surface area is 114 Å². The van der Waals surface area contributed by atoms with Crippen molar-refractivity contribution < 1.29 is 17.9 Å². The van der Waals surface area contributed by atoms with Crippen LogP contribution in [0.5, 0.6) is 0 Å². The third kappa shape index (κ3) is 5.10. The van der Waals surface area contributed by atoms with E-state index in [2.05, 4.69) is 4.72 Å². The van der Waals surface area contributed by atoms with E-state index in [1.807, 2.05) is 0 Å². The quantitative estimate of drug-likeness (QED) is 0.581. The maximum Gasteiger partial charge on any atom is 0.240 e. The number of ketones is 1. The van der Waals surface area contributed by atoms with Crippen LogP contribution in [0.4, 0.5) is 0 Å². The third-order valence-corrected chi connectivity index (χ3v) is 4.12. The summed E-state index contributed by atoms with van der Waals surface area (Å²) in [6.07, 6.45) is 1.53. The number of sulfonamides is 1. The summed E-state index contributed by atoms with van der Waals surface area (Å²) in [6.45, 7) is 2.44. The molecule has 0 fully saturated rings. The standard InChI is InChI=1S/C13H19NO4S/c1-11(15)12-5-7-13(8-6-12)19(16,17)14-9-3-4-10-18-2/h5-8,14H,3-4,9-10H2,1-2H3. The van der Waals surface area contributed by atoms with E-state index in [0.717, 1.165) is 12.8 Å². The summed E-state index contributed by atoms with van der Waals surface area (Å²) in [5.74, 6) is -0.0866. The van der Waals surface area contributed by atoms with Gasteiger partial charge in [0.1, 0.15) is 0 Å². The van der Waals surface area contributed by atoms with Gasteiger partial charge >= 0.3 is 0 Å². The second kappa shape index (κ2) is 7.37. The molecule has 1 rings (SSSR count). The number of nitrogens with one attached hydrogen (secondary N) is 1. The molecule has 6 heteroatoms. The molecule has 106 valence electrons. The largest absolute Gasteiger partial charge is 0.385 e. The molecular weight excluding hydrogens is 266 g/mol. The van der Waals surface area contributed by atoms with E-state index < -0.39 is 10.0 Å². The Kier molecular flexibility index (Phi) is 6.14. The first-order chi connectivity index (χ1) is 8.97. The molecule has 19 heavy (non-hydrogen) atoms. The van der Waals surface area contributed by atoms with Crippen LogP contribution >= 0.6 is 0 Å². The summed E-state index contributed by atoms with van der Waals surface area (Å²) in [6, 6.07) is 5.91. The Bertz CT molecular complexity index is 508. The van der Waals surface area contributed by atoms with Crippen LogP contribution in [0.15, 0.2) is 29.2 Å². The van der Waals surface area contributed by atoms with Crippen LogP contribution in [0.1, 0.15) is 30.1 Å². The monoisotopic (exact) mass is 285 g/mol. The fourth-order valence-electron chi connectivity index (χ4n) is 1.53. The Morgan fingerprint density at radius 3 is 2.37 bits per heavy atom. The fourth-order valence-corrected chi connectivity index (χ4v) is 2.60. The number of benzene rings is 1. The molecule has 0 spiro atoms. The van der Waals surface area contributed by atoms with Crippen molar-refractivity contribution in [2.24, 2.45) is 0 Å². The molecule has 1 N–H and O–H groups in total. The van der Waals surface area contributed by atoms with Crippen LogP contribution < -0.4 is 4.72 Å². The van der Waals surface area contributed by atoms with Gasteiger partial charge in [-0.3, -0.25) is 4.79 Å². The van der Waals surface area contributed by atoms with E-state index in [1.54, 1.807) is 7.11 Å². The number of methoxy groups -OCH3 is 1. The molecule has 1 aromatic carbocycles. The summed E-state index contributed by atoms with van der Waals surface area (Å²) in [4.78, 5) is 11.3. The van der Waals surface area contributed by atoms with Crippen LogP contribution in [0.25, 0.3) is 0 Å². The molecule has 0 aliphatic rings. The Balaban J connectivity index is 2.59. The number of Topliss-reactive ketones (excluding diaryl/α,β-unsaturated/α-hetero) is 1. The predicted octanol–water partition coefficient (Wildman–Crippen LogP) is 1.59. The van der Waals surface area contributed by atoms with Gasteiger partial charge in [0.15, 0.2) is 5.78 Å². The molecule has 0 radical (unpaired) electrons. The van der Waals surface area contributed by atoms with E-state index >= 15 is 0 Å². The fraction of sp³-hybridized carbons (Fsp3) is 0.462. The van der Waals surface area contributed by atoms with Gasteiger partial charge in [-0.1, -0.05) is 12.1 Å². The van der Waals surface area contributed by atoms with E-state index in [9.17, 15) is 13.2 Å². The average Bonchev–Trinajstić information content (AvgIpc) is 2.38. The van der Waals surface area contributed by atoms with Gasteiger partial charge < -0.3 is 4.74 Å². The SMILES string of the molecule is COCCCCNS(=O)(=O)c1ccc(C(C)=O)cc1. The lowest BCUT2D eigenvalue weighted by atomic mass is 10.2. The molecule has 0 bridgehead atoms. The maximum absolute atomic E-state index is 11.9. The van der Waals surface area contributed by atoms with Gasteiger partial charge in [-0.25, -0.2) is 13.1 Å². The second-order valence-corrected chi connectivity index (χ2v) is 5.95. The first kappa shape index (κ1) is 15.8. The van der Waals surface area contributed by atoms with Crippen LogP contribution in [0.2, 0.25) is 0 Å². The van der Waals surface area contributed by atoms with E-state index in [1.165, 1.54) is 31.2 Å². The van der Waals surface area contributed by atoms with Crippen LogP contribution in [-0.2, 0) is 14.8 Å². The topological polar surface area (TPSA) is 72.5 Å². The number of carbonyl (C=O) groups is 1. The van der Waals surface area contributed by atoms with Crippen LogP contribution in [0.3, 0.4) is 0 Å². The van der Waals surface area contributed by atoms with Crippen molar-refractivity contribution in [3.63, 3.8) is 0 Å². The number of hydrogen-bond donors (Lipinski definition) is 1. The molecule has 0 aromatic heterocycles. The molecule has 1 aromatic rings. The normalized spacial score (nSPS) is 11.5. The number of unbranched alkanes of at least 4 members (excludes halogenated alkanes) is 1. The second-order valence-electron chi connectivity index (χ2n) is 4.18. The average molecular weight is 285 g/mol. The smallest absolute Gasteiger partial charge is 0.240 e. The Morgan fingerprint density at radius 2 is 1.84 bits per heavy atom. The highest BCUT2D eigenvalue weighted by atomic mass is 32.2. The van der Waals surface area contributed by atoms with Crippen molar-refractivity contribution in [1.29, 1.82) is 0 Å². The zero-order chi connectivity index (χ0) is 14.3. The summed E-state index contributed by atoms with van der Waals surface area (Å²) in [5.41, 5.74) is 0.499. The van der Waals surface area contributed by atoms with E-state index in [4.69, 9.17) is 4.74 Å². The van der Waals surface area contributed by atoms with Crippen molar-refractivity contribution in [2.45, 2.75) is 24.7 Å². The van der Waals surface area contributed by atoms with Crippen molar-refractivity contribution in [3.05, 3.63) is 29.8 Å². The molecule has 0 aliphatic carbocycles. The molecule has 0 saturated carbocycles. The zero-order valence-electron chi connectivity index (χ0n) is 11.2. The van der Waals surface area contributed by atoms with Gasteiger partial charge in [0.05, 0.1) is 4.90 Å². The lowest BCUT2D eigenvalue weighted by Gasteiger charge is -2.07. The minimum absolute atomic E-state index is 0.0866. The van der Waals surface area contributed by atoms with Crippen molar-refractivity contribution in [2.75, 3.05) is 20.3 Å². The Hall–Kier alpha value is -1.24. The first-order valence-electron chi connectivity index (χ1n) is 6.07. The van der Waals surface area contributed by atoms with Gasteiger partial charge in [-0.15, -0.1) is 0 Å². The van der Waals surface area contributed by atoms with Crippen LogP contribution in [0, 0.1) is 0 Å². The summed E-state index contributed by atoms with van der Waals surface area (Å²) >= 11 is 0. The minimum Gasteiger partial charge on any atom is -0.385 e. The molecule has 0 unspecified atom stereocenters. The van der Waals surface area contributed by atoms with Crippen LogP contribution in [-0.4, -0.2) is 34.5 Å². The third-order valence-electron chi connectivity index (χ3n) is 2.64. The van der Waals surface area contributed by atoms with Gasteiger partial charge in [-0.2, -0.15) is 0 Å². The lowest BCUT2D eigenvalue weighted by molar-refractivity contribution is 0.101. The lowest BCUT2D eigenvalue weighted by Crippen LogP contribution is -2.25. The molecule has 0 amide bonds. The molecule has 5 nitrogen and oxygen atoms in total. The molecular formula is C13H19NO4S. The van der Waals surface area contributed by atoms with Gasteiger partial charge in [0.2, 0.25) is 10.0 Å². The van der Waals surface area contributed by atoms with Gasteiger partial charge in [0.25, 0.3) is 0 Å². The summed E-state index contributed by atoms with van der Waals surface area (Å²) < 4.78 is 31.2. The highest BCUT2D eigenvalue weighted by Crippen LogP contribution is 2.11.